The summed E-state index contributed by atoms with van der Waals surface area (Å²) in [6.45, 7) is 0. The molecule has 13 aromatic rings. The predicted molar refractivity (Wildman–Crippen MR) is 304 cm³/mol. The second-order valence-corrected chi connectivity index (χ2v) is 19.1. The van der Waals surface area contributed by atoms with Crippen molar-refractivity contribution >= 4 is 21.8 Å². The number of benzene rings is 11. The minimum absolute atomic E-state index is 0.618. The van der Waals surface area contributed by atoms with Gasteiger partial charge in [-0.15, -0.1) is 0 Å². The molecule has 0 aliphatic heterocycles. The molecule has 1 aliphatic carbocycles. The van der Waals surface area contributed by atoms with Gasteiger partial charge in [0.05, 0.1) is 11.0 Å². The molecule has 0 amide bonds. The van der Waals surface area contributed by atoms with Gasteiger partial charge in [-0.2, -0.15) is 0 Å². The molecular formula is C70H46N4. The van der Waals surface area contributed by atoms with Crippen molar-refractivity contribution in [3.05, 3.63) is 302 Å². The van der Waals surface area contributed by atoms with Crippen molar-refractivity contribution in [2.75, 3.05) is 0 Å². The van der Waals surface area contributed by atoms with E-state index < -0.39 is 5.41 Å². The maximum absolute atomic E-state index is 5.71. The van der Waals surface area contributed by atoms with E-state index in [2.05, 4.69) is 271 Å². The third kappa shape index (κ3) is 7.18. The maximum atomic E-state index is 5.71. The summed E-state index contributed by atoms with van der Waals surface area (Å²) in [6, 6.07) is 100. The summed E-state index contributed by atoms with van der Waals surface area (Å²) in [5.74, 6) is 1.90. The Morgan fingerprint density at radius 1 is 0.270 bits per heavy atom. The van der Waals surface area contributed by atoms with Crippen molar-refractivity contribution in [3.8, 4) is 84.1 Å². The van der Waals surface area contributed by atoms with Crippen molar-refractivity contribution in [3.63, 3.8) is 0 Å². The Hall–Kier alpha value is -9.77. The molecule has 0 fully saturated rings. The zero-order valence-electron chi connectivity index (χ0n) is 40.3. The molecule has 0 spiro atoms. The highest BCUT2D eigenvalue weighted by Crippen LogP contribution is 2.58. The molecule has 4 heteroatoms. The van der Waals surface area contributed by atoms with Gasteiger partial charge in [0.25, 0.3) is 0 Å². The van der Waals surface area contributed by atoms with E-state index in [0.717, 1.165) is 99.8 Å². The van der Waals surface area contributed by atoms with Crippen molar-refractivity contribution in [1.82, 2.24) is 19.5 Å². The summed E-state index contributed by atoms with van der Waals surface area (Å²) in [5, 5.41) is 2.31. The fourth-order valence-corrected chi connectivity index (χ4v) is 11.4. The van der Waals surface area contributed by atoms with Gasteiger partial charge in [0.1, 0.15) is 5.41 Å². The highest BCUT2D eigenvalue weighted by atomic mass is 15.1. The summed E-state index contributed by atoms with van der Waals surface area (Å²) in [6.07, 6.45) is 0. The van der Waals surface area contributed by atoms with Gasteiger partial charge in [0.2, 0.25) is 0 Å². The lowest BCUT2D eigenvalue weighted by molar-refractivity contribution is 0.693. The summed E-state index contributed by atoms with van der Waals surface area (Å²) < 4.78 is 2.47. The quantitative estimate of drug-likeness (QED) is 0.145. The Morgan fingerprint density at radius 2 is 0.689 bits per heavy atom. The lowest BCUT2D eigenvalue weighted by Gasteiger charge is -2.33. The van der Waals surface area contributed by atoms with Crippen molar-refractivity contribution in [2.45, 2.75) is 5.41 Å². The van der Waals surface area contributed by atoms with Gasteiger partial charge >= 0.3 is 0 Å². The molecule has 2 heterocycles. The lowest BCUT2D eigenvalue weighted by Crippen LogP contribution is -2.32. The number of fused-ring (bicyclic) bond motifs is 6. The largest absolute Gasteiger partial charge is 0.309 e. The van der Waals surface area contributed by atoms with Crippen molar-refractivity contribution in [1.29, 1.82) is 0 Å². The van der Waals surface area contributed by atoms with Crippen molar-refractivity contribution in [2.24, 2.45) is 0 Å². The normalized spacial score (nSPS) is 13.7. The fraction of sp³-hybridized carbons (Fsp3) is 0.0143. The Balaban J connectivity index is 1.12. The van der Waals surface area contributed by atoms with Crippen LogP contribution in [-0.2, 0) is 5.41 Å². The molecule has 14 rings (SSSR count). The standard InChI is InChI=1S/C70H46N4/c1-7-23-47(24-8-1)53-39-54(48-25-9-2-10-26-48)42-57(41-53)70(69-72-67(51-31-15-5-16-32-51)71-68(73-69)52-33-17-6-18-34-52)63-37-21-19-35-59(63)61-46-66-62(45-64(61)70)60-36-20-22-38-65(60)74(66)58-43-55(49-27-11-3-12-28-49)40-56(44-58)50-29-13-4-14-30-50/h1-46H. The minimum Gasteiger partial charge on any atom is -0.309 e. The van der Waals surface area contributed by atoms with Crippen LogP contribution < -0.4 is 0 Å². The van der Waals surface area contributed by atoms with E-state index >= 15 is 0 Å². The maximum Gasteiger partial charge on any atom is 0.163 e. The summed E-state index contributed by atoms with van der Waals surface area (Å²) in [4.78, 5) is 16.7. The molecule has 0 radical (unpaired) electrons. The first-order valence-electron chi connectivity index (χ1n) is 25.3. The zero-order valence-corrected chi connectivity index (χ0v) is 40.3. The molecule has 11 aromatic carbocycles. The van der Waals surface area contributed by atoms with Crippen LogP contribution in [0.5, 0.6) is 0 Å². The second kappa shape index (κ2) is 17.8. The van der Waals surface area contributed by atoms with Gasteiger partial charge in [-0.3, -0.25) is 0 Å². The van der Waals surface area contributed by atoms with Gasteiger partial charge < -0.3 is 4.57 Å². The predicted octanol–water partition coefficient (Wildman–Crippen LogP) is 17.3. The highest BCUT2D eigenvalue weighted by molar-refractivity contribution is 6.12. The lowest BCUT2D eigenvalue weighted by atomic mass is 9.70. The molecule has 74 heavy (non-hydrogen) atoms. The first-order valence-corrected chi connectivity index (χ1v) is 25.3. The van der Waals surface area contributed by atoms with Crippen LogP contribution in [0.2, 0.25) is 0 Å². The summed E-state index contributed by atoms with van der Waals surface area (Å²) in [5.41, 5.74) is 18.9. The smallest absolute Gasteiger partial charge is 0.163 e. The number of rotatable bonds is 9. The SMILES string of the molecule is c1ccc(-c2cc(-c3ccccc3)cc(-n3c4ccccc4c4cc5c(cc43)-c3ccccc3C5(c3cc(-c4ccccc4)cc(-c4ccccc4)c3)c3nc(-c4ccccc4)nc(-c4ccccc4)n3)c2)cc1. The van der Waals surface area contributed by atoms with Crippen LogP contribution in [0.1, 0.15) is 22.5 Å². The van der Waals surface area contributed by atoms with E-state index in [1.807, 2.05) is 12.1 Å². The van der Waals surface area contributed by atoms with Gasteiger partial charge in [0.15, 0.2) is 17.5 Å². The molecule has 1 aliphatic rings. The Morgan fingerprint density at radius 3 is 1.19 bits per heavy atom. The van der Waals surface area contributed by atoms with E-state index in [9.17, 15) is 0 Å². The van der Waals surface area contributed by atoms with Crippen molar-refractivity contribution < 1.29 is 0 Å². The van der Waals surface area contributed by atoms with Crippen LogP contribution in [-0.4, -0.2) is 19.5 Å². The average Bonchev–Trinajstić information content (AvgIpc) is 3.98. The third-order valence-corrected chi connectivity index (χ3v) is 14.8. The van der Waals surface area contributed by atoms with E-state index in [1.54, 1.807) is 0 Å². The van der Waals surface area contributed by atoms with Crippen LogP contribution in [0, 0.1) is 0 Å². The van der Waals surface area contributed by atoms with Crippen LogP contribution in [0.4, 0.5) is 0 Å². The van der Waals surface area contributed by atoms with E-state index in [1.165, 1.54) is 11.1 Å². The number of aromatic nitrogens is 4. The monoisotopic (exact) mass is 942 g/mol. The van der Waals surface area contributed by atoms with Crippen LogP contribution in [0.15, 0.2) is 279 Å². The first-order chi connectivity index (χ1) is 36.7. The zero-order chi connectivity index (χ0) is 49.0. The average molecular weight is 943 g/mol. The molecule has 0 saturated carbocycles. The van der Waals surface area contributed by atoms with Gasteiger partial charge in [-0.25, -0.2) is 15.0 Å². The molecule has 346 valence electrons. The first kappa shape index (κ1) is 43.1. The fourth-order valence-electron chi connectivity index (χ4n) is 11.4. The van der Waals surface area contributed by atoms with Crippen LogP contribution >= 0.6 is 0 Å². The molecule has 4 nitrogen and oxygen atoms in total. The summed E-state index contributed by atoms with van der Waals surface area (Å²) >= 11 is 0. The van der Waals surface area contributed by atoms with E-state index in [0.29, 0.717) is 17.5 Å². The molecular weight excluding hydrogens is 897 g/mol. The van der Waals surface area contributed by atoms with E-state index in [4.69, 9.17) is 15.0 Å². The van der Waals surface area contributed by atoms with Gasteiger partial charge in [0, 0.05) is 27.6 Å². The topological polar surface area (TPSA) is 43.6 Å². The summed E-state index contributed by atoms with van der Waals surface area (Å²) in [7, 11) is 0. The Bertz CT molecular complexity index is 3910. The number of hydrogen-bond donors (Lipinski definition) is 0. The van der Waals surface area contributed by atoms with Crippen LogP contribution in [0.25, 0.3) is 106 Å². The number of hydrogen-bond acceptors (Lipinski definition) is 3. The number of nitrogens with zero attached hydrogens (tertiary/aromatic N) is 4. The molecule has 0 saturated heterocycles. The molecule has 0 N–H and O–H groups in total. The highest BCUT2D eigenvalue weighted by Gasteiger charge is 2.50. The van der Waals surface area contributed by atoms with E-state index in [-0.39, 0.29) is 0 Å². The second-order valence-electron chi connectivity index (χ2n) is 19.1. The molecule has 1 atom stereocenters. The third-order valence-electron chi connectivity index (χ3n) is 14.8. The van der Waals surface area contributed by atoms with Gasteiger partial charge in [-0.05, 0) is 127 Å². The van der Waals surface area contributed by atoms with Gasteiger partial charge in [-0.1, -0.05) is 224 Å². The Kier molecular flexibility index (Phi) is 10.4. The van der Waals surface area contributed by atoms with Crippen LogP contribution in [0.3, 0.4) is 0 Å². The molecule has 2 aromatic heterocycles. The number of para-hydroxylation sites is 1. The minimum atomic E-state index is -1.03. The molecule has 0 bridgehead atoms. The Labute approximate surface area is 430 Å². The molecule has 1 unspecified atom stereocenters.